The molecule has 0 spiro atoms. The van der Waals surface area contributed by atoms with E-state index in [2.05, 4.69) is 0 Å². The van der Waals surface area contributed by atoms with Crippen LogP contribution in [0.25, 0.3) is 0 Å². The Balaban J connectivity index is 2.55. The smallest absolute Gasteiger partial charge is 0.316 e. The van der Waals surface area contributed by atoms with Crippen LogP contribution in [-0.4, -0.2) is 5.97 Å². The highest BCUT2D eigenvalue weighted by Gasteiger charge is 2.09. The van der Waals surface area contributed by atoms with Gasteiger partial charge in [-0.1, -0.05) is 53.0 Å². The molecule has 0 heterocycles. The Morgan fingerprint density at radius 3 is 2.27 bits per heavy atom. The molecule has 80 valence electrons. The maximum absolute atomic E-state index is 11.3. The lowest BCUT2D eigenvalue weighted by Gasteiger charge is -2.02. The number of para-hydroxylation sites is 1. The Hall–Kier alpha value is -0.700. The summed E-state index contributed by atoms with van der Waals surface area (Å²) in [4.78, 5) is 11.3. The van der Waals surface area contributed by atoms with E-state index in [0.29, 0.717) is 5.75 Å². The molecule has 0 bridgehead atoms. The van der Waals surface area contributed by atoms with Crippen molar-refractivity contribution < 1.29 is 9.53 Å². The SMILES string of the molecule is O=C(CC(Cl)=C(Cl)Cl)Oc1ccccc1. The van der Waals surface area contributed by atoms with E-state index in [4.69, 9.17) is 39.5 Å². The molecule has 0 atom stereocenters. The first-order valence-corrected chi connectivity index (χ1v) is 5.18. The number of benzene rings is 1. The van der Waals surface area contributed by atoms with E-state index in [-0.39, 0.29) is 15.9 Å². The summed E-state index contributed by atoms with van der Waals surface area (Å²) >= 11 is 16.4. The third-order valence-corrected chi connectivity index (χ3v) is 2.45. The van der Waals surface area contributed by atoms with Crippen molar-refractivity contribution in [1.82, 2.24) is 0 Å². The van der Waals surface area contributed by atoms with Gasteiger partial charge in [-0.2, -0.15) is 0 Å². The molecular weight excluding hydrogens is 258 g/mol. The fourth-order valence-electron chi connectivity index (χ4n) is 0.850. The zero-order valence-electron chi connectivity index (χ0n) is 7.54. The zero-order valence-corrected chi connectivity index (χ0v) is 9.81. The van der Waals surface area contributed by atoms with Crippen LogP contribution < -0.4 is 4.74 Å². The van der Waals surface area contributed by atoms with Crippen LogP contribution in [-0.2, 0) is 4.79 Å². The number of carbonyl (C=O) groups excluding carboxylic acids is 1. The molecule has 0 radical (unpaired) electrons. The van der Waals surface area contributed by atoms with Gasteiger partial charge in [0.15, 0.2) is 0 Å². The van der Waals surface area contributed by atoms with Gasteiger partial charge in [0, 0.05) is 0 Å². The summed E-state index contributed by atoms with van der Waals surface area (Å²) in [6, 6.07) is 8.67. The van der Waals surface area contributed by atoms with Crippen LogP contribution in [0.15, 0.2) is 39.9 Å². The molecule has 15 heavy (non-hydrogen) atoms. The van der Waals surface area contributed by atoms with Gasteiger partial charge in [-0.15, -0.1) is 0 Å². The Morgan fingerprint density at radius 2 is 1.73 bits per heavy atom. The Labute approximate surface area is 102 Å². The first-order chi connectivity index (χ1) is 7.09. The standard InChI is InChI=1S/C10H7Cl3O2/c11-8(10(12)13)6-9(14)15-7-4-2-1-3-5-7/h1-5H,6H2. The second-order valence-corrected chi connectivity index (χ2v) is 4.03. The van der Waals surface area contributed by atoms with Gasteiger partial charge in [0.25, 0.3) is 0 Å². The number of rotatable bonds is 3. The minimum absolute atomic E-state index is 0.0688. The third kappa shape index (κ3) is 4.56. The fraction of sp³-hybridized carbons (Fsp3) is 0.100. The van der Waals surface area contributed by atoms with Crippen LogP contribution in [0.5, 0.6) is 5.75 Å². The number of ether oxygens (including phenoxy) is 1. The normalized spacial score (nSPS) is 9.53. The minimum atomic E-state index is -0.509. The van der Waals surface area contributed by atoms with Gasteiger partial charge in [0.2, 0.25) is 0 Å². The van der Waals surface area contributed by atoms with E-state index >= 15 is 0 Å². The van der Waals surface area contributed by atoms with Crippen LogP contribution in [0.4, 0.5) is 0 Å². The van der Waals surface area contributed by atoms with Crippen LogP contribution in [0.1, 0.15) is 6.42 Å². The quantitative estimate of drug-likeness (QED) is 0.612. The lowest BCUT2D eigenvalue weighted by atomic mass is 10.3. The molecular formula is C10H7Cl3O2. The number of carbonyl (C=O) groups is 1. The van der Waals surface area contributed by atoms with Crippen molar-refractivity contribution in [3.05, 3.63) is 39.9 Å². The summed E-state index contributed by atoms with van der Waals surface area (Å²) in [7, 11) is 0. The molecule has 0 aromatic heterocycles. The molecule has 0 aliphatic heterocycles. The number of hydrogen-bond donors (Lipinski definition) is 0. The zero-order chi connectivity index (χ0) is 11.3. The summed E-state index contributed by atoms with van der Waals surface area (Å²) in [5.74, 6) is -0.0531. The van der Waals surface area contributed by atoms with Crippen molar-refractivity contribution in [1.29, 1.82) is 0 Å². The highest BCUT2D eigenvalue weighted by molar-refractivity contribution is 6.59. The van der Waals surface area contributed by atoms with Crippen molar-refractivity contribution >= 4 is 40.8 Å². The number of esters is 1. The molecule has 0 aliphatic carbocycles. The fourth-order valence-corrected chi connectivity index (χ4v) is 1.09. The van der Waals surface area contributed by atoms with E-state index < -0.39 is 5.97 Å². The second kappa shape index (κ2) is 6.01. The molecule has 0 saturated heterocycles. The van der Waals surface area contributed by atoms with Crippen molar-refractivity contribution in [3.63, 3.8) is 0 Å². The molecule has 0 unspecified atom stereocenters. The molecule has 5 heteroatoms. The predicted molar refractivity (Wildman–Crippen MR) is 61.3 cm³/mol. The Kier molecular flexibility index (Phi) is 4.95. The number of halogens is 3. The molecule has 1 rings (SSSR count). The highest BCUT2D eigenvalue weighted by atomic mass is 35.5. The summed E-state index contributed by atoms with van der Waals surface area (Å²) in [5.41, 5.74) is 0. The van der Waals surface area contributed by atoms with Gasteiger partial charge < -0.3 is 4.74 Å². The lowest BCUT2D eigenvalue weighted by Crippen LogP contribution is -2.07. The topological polar surface area (TPSA) is 26.3 Å². The largest absolute Gasteiger partial charge is 0.426 e. The van der Waals surface area contributed by atoms with Gasteiger partial charge in [-0.3, -0.25) is 4.79 Å². The van der Waals surface area contributed by atoms with E-state index in [9.17, 15) is 4.79 Å². The summed E-state index contributed by atoms with van der Waals surface area (Å²) in [6.07, 6.45) is -0.140. The van der Waals surface area contributed by atoms with Crippen molar-refractivity contribution in [3.8, 4) is 5.75 Å². The monoisotopic (exact) mass is 264 g/mol. The molecule has 0 fully saturated rings. The first-order valence-electron chi connectivity index (χ1n) is 4.05. The van der Waals surface area contributed by atoms with Crippen LogP contribution in [0.3, 0.4) is 0 Å². The van der Waals surface area contributed by atoms with E-state index in [1.165, 1.54) is 0 Å². The molecule has 0 amide bonds. The van der Waals surface area contributed by atoms with Crippen molar-refractivity contribution in [2.24, 2.45) is 0 Å². The van der Waals surface area contributed by atoms with Crippen molar-refractivity contribution in [2.45, 2.75) is 6.42 Å². The molecule has 2 nitrogen and oxygen atoms in total. The lowest BCUT2D eigenvalue weighted by molar-refractivity contribution is -0.133. The Bertz CT molecular complexity index is 370. The molecule has 1 aromatic carbocycles. The van der Waals surface area contributed by atoms with Gasteiger partial charge >= 0.3 is 5.97 Å². The Morgan fingerprint density at radius 1 is 1.13 bits per heavy atom. The van der Waals surface area contributed by atoms with Gasteiger partial charge in [-0.05, 0) is 12.1 Å². The van der Waals surface area contributed by atoms with Crippen LogP contribution in [0, 0.1) is 0 Å². The second-order valence-electron chi connectivity index (χ2n) is 2.63. The van der Waals surface area contributed by atoms with Crippen LogP contribution in [0.2, 0.25) is 0 Å². The third-order valence-electron chi connectivity index (χ3n) is 1.48. The van der Waals surface area contributed by atoms with Crippen molar-refractivity contribution in [2.75, 3.05) is 0 Å². The van der Waals surface area contributed by atoms with E-state index in [1.807, 2.05) is 6.07 Å². The number of hydrogen-bond acceptors (Lipinski definition) is 2. The van der Waals surface area contributed by atoms with Gasteiger partial charge in [0.05, 0.1) is 11.5 Å². The summed E-state index contributed by atoms with van der Waals surface area (Å²) in [5, 5.41) is 0.0688. The van der Waals surface area contributed by atoms with Gasteiger partial charge in [0.1, 0.15) is 10.2 Å². The maximum Gasteiger partial charge on any atom is 0.316 e. The first kappa shape index (κ1) is 12.4. The van der Waals surface area contributed by atoms with Gasteiger partial charge in [-0.25, -0.2) is 0 Å². The average Bonchev–Trinajstić information content (AvgIpc) is 2.18. The molecule has 0 N–H and O–H groups in total. The molecule has 1 aromatic rings. The maximum atomic E-state index is 11.3. The highest BCUT2D eigenvalue weighted by Crippen LogP contribution is 2.21. The minimum Gasteiger partial charge on any atom is -0.426 e. The molecule has 0 saturated carbocycles. The predicted octanol–water partition coefficient (Wildman–Crippen LogP) is 3.87. The molecule has 0 aliphatic rings. The summed E-state index contributed by atoms with van der Waals surface area (Å²) < 4.78 is 4.84. The summed E-state index contributed by atoms with van der Waals surface area (Å²) in [6.45, 7) is 0. The van der Waals surface area contributed by atoms with E-state index in [1.54, 1.807) is 24.3 Å². The van der Waals surface area contributed by atoms with E-state index in [0.717, 1.165) is 0 Å². The average molecular weight is 266 g/mol. The van der Waals surface area contributed by atoms with Crippen LogP contribution >= 0.6 is 34.8 Å².